The van der Waals surface area contributed by atoms with Gasteiger partial charge in [0, 0.05) is 19.3 Å². The molecule has 0 aliphatic rings. The molecule has 2 heterocycles. The molecule has 3 rings (SSSR count). The Labute approximate surface area is 157 Å². The summed E-state index contributed by atoms with van der Waals surface area (Å²) in [5.41, 5.74) is 1.17. The van der Waals surface area contributed by atoms with Crippen LogP contribution in [0.4, 0.5) is 0 Å². The lowest BCUT2D eigenvalue weighted by molar-refractivity contribution is -0.121. The van der Waals surface area contributed by atoms with Crippen LogP contribution in [0.5, 0.6) is 5.75 Å². The number of hydrogen-bond acceptors (Lipinski definition) is 6. The van der Waals surface area contributed by atoms with Gasteiger partial charge in [-0.05, 0) is 43.2 Å². The van der Waals surface area contributed by atoms with E-state index in [9.17, 15) is 4.79 Å². The van der Waals surface area contributed by atoms with Crippen molar-refractivity contribution in [3.63, 3.8) is 0 Å². The maximum Gasteiger partial charge on any atom is 0.220 e. The zero-order valence-electron chi connectivity index (χ0n) is 15.5. The van der Waals surface area contributed by atoms with Crippen molar-refractivity contribution in [2.75, 3.05) is 7.11 Å². The Bertz CT molecular complexity index is 867. The van der Waals surface area contributed by atoms with E-state index in [-0.39, 0.29) is 5.91 Å². The van der Waals surface area contributed by atoms with Gasteiger partial charge < -0.3 is 18.9 Å². The van der Waals surface area contributed by atoms with Crippen molar-refractivity contribution in [2.24, 2.45) is 0 Å². The summed E-state index contributed by atoms with van der Waals surface area (Å²) in [7, 11) is 1.65. The largest absolute Gasteiger partial charge is 0.497 e. The third-order valence-corrected chi connectivity index (χ3v) is 4.12. The Morgan fingerprint density at radius 3 is 2.41 bits per heavy atom. The standard InChI is InChI=1S/C20H23N3O4/c1-14-3-7-17(26-14)13-21-18(24)10-12-20-23-22-19(27-20)11-6-15-4-8-16(25-2)9-5-15/h3-5,7-9H,6,10-13H2,1-2H3,(H,21,24). The number of carbonyl (C=O) groups excluding carboxylic acids is 1. The predicted octanol–water partition coefficient (Wildman–Crippen LogP) is 3.01. The van der Waals surface area contributed by atoms with Gasteiger partial charge in [-0.3, -0.25) is 4.79 Å². The van der Waals surface area contributed by atoms with Crippen molar-refractivity contribution >= 4 is 5.91 Å². The number of carbonyl (C=O) groups is 1. The Kier molecular flexibility index (Phi) is 6.25. The van der Waals surface area contributed by atoms with Crippen LogP contribution >= 0.6 is 0 Å². The first-order valence-electron chi connectivity index (χ1n) is 8.88. The molecule has 3 aromatic rings. The highest BCUT2D eigenvalue weighted by atomic mass is 16.5. The number of furan rings is 1. The average Bonchev–Trinajstić information content (AvgIpc) is 3.32. The Balaban J connectivity index is 1.40. The fourth-order valence-electron chi connectivity index (χ4n) is 2.61. The lowest BCUT2D eigenvalue weighted by Gasteiger charge is -2.02. The van der Waals surface area contributed by atoms with Crippen molar-refractivity contribution in [3.8, 4) is 5.75 Å². The Morgan fingerprint density at radius 2 is 1.74 bits per heavy atom. The van der Waals surface area contributed by atoms with E-state index in [4.69, 9.17) is 13.6 Å². The second-order valence-corrected chi connectivity index (χ2v) is 6.23. The van der Waals surface area contributed by atoms with Crippen LogP contribution in [0.15, 0.2) is 45.2 Å². The highest BCUT2D eigenvalue weighted by Gasteiger charge is 2.10. The predicted molar refractivity (Wildman–Crippen MR) is 98.3 cm³/mol. The first kappa shape index (κ1) is 18.7. The van der Waals surface area contributed by atoms with Crippen molar-refractivity contribution in [3.05, 3.63) is 65.3 Å². The number of ether oxygens (including phenoxy) is 1. The quantitative estimate of drug-likeness (QED) is 0.623. The number of aryl methyl sites for hydroxylation is 4. The molecule has 0 aliphatic heterocycles. The van der Waals surface area contributed by atoms with E-state index in [1.54, 1.807) is 7.11 Å². The fraction of sp³-hybridized carbons (Fsp3) is 0.350. The molecule has 1 amide bonds. The molecule has 7 nitrogen and oxygen atoms in total. The van der Waals surface area contributed by atoms with Crippen LogP contribution in [0.2, 0.25) is 0 Å². The number of methoxy groups -OCH3 is 1. The second-order valence-electron chi connectivity index (χ2n) is 6.23. The molecule has 1 aromatic carbocycles. The summed E-state index contributed by atoms with van der Waals surface area (Å²) >= 11 is 0. The molecule has 1 N–H and O–H groups in total. The van der Waals surface area contributed by atoms with Crippen molar-refractivity contribution in [1.82, 2.24) is 15.5 Å². The smallest absolute Gasteiger partial charge is 0.220 e. The van der Waals surface area contributed by atoms with Gasteiger partial charge in [-0.1, -0.05) is 12.1 Å². The van der Waals surface area contributed by atoms with Gasteiger partial charge in [0.05, 0.1) is 13.7 Å². The number of hydrogen-bond donors (Lipinski definition) is 1. The molecule has 0 radical (unpaired) electrons. The van der Waals surface area contributed by atoms with Crippen molar-refractivity contribution < 1.29 is 18.4 Å². The van der Waals surface area contributed by atoms with Crippen LogP contribution in [0.1, 0.15) is 35.3 Å². The van der Waals surface area contributed by atoms with E-state index in [1.165, 1.54) is 5.56 Å². The molecule has 0 bridgehead atoms. The SMILES string of the molecule is COc1ccc(CCc2nnc(CCC(=O)NCc3ccc(C)o3)o2)cc1. The van der Waals surface area contributed by atoms with Crippen LogP contribution in [0.25, 0.3) is 0 Å². The summed E-state index contributed by atoms with van der Waals surface area (Å²) in [4.78, 5) is 11.9. The minimum absolute atomic E-state index is 0.0814. The summed E-state index contributed by atoms with van der Waals surface area (Å²) in [5.74, 6) is 3.36. The molecule has 27 heavy (non-hydrogen) atoms. The Hall–Kier alpha value is -3.09. The van der Waals surface area contributed by atoms with Gasteiger partial charge >= 0.3 is 0 Å². The van der Waals surface area contributed by atoms with E-state index in [2.05, 4.69) is 15.5 Å². The molecule has 142 valence electrons. The van der Waals surface area contributed by atoms with Crippen molar-refractivity contribution in [1.29, 1.82) is 0 Å². The van der Waals surface area contributed by atoms with Gasteiger partial charge in [-0.15, -0.1) is 10.2 Å². The maximum absolute atomic E-state index is 11.9. The van der Waals surface area contributed by atoms with Gasteiger partial charge in [0.1, 0.15) is 17.3 Å². The van der Waals surface area contributed by atoms with E-state index < -0.39 is 0 Å². The minimum Gasteiger partial charge on any atom is -0.497 e. The summed E-state index contributed by atoms with van der Waals surface area (Å²) in [6.07, 6.45) is 2.16. The van der Waals surface area contributed by atoms with Gasteiger partial charge in [0.25, 0.3) is 0 Å². The summed E-state index contributed by atoms with van der Waals surface area (Å²) < 4.78 is 16.2. The van der Waals surface area contributed by atoms with Gasteiger partial charge in [0.15, 0.2) is 0 Å². The molecule has 0 spiro atoms. The molecule has 0 unspecified atom stereocenters. The lowest BCUT2D eigenvalue weighted by atomic mass is 10.1. The van der Waals surface area contributed by atoms with E-state index >= 15 is 0 Å². The molecule has 0 saturated heterocycles. The van der Waals surface area contributed by atoms with Gasteiger partial charge in [-0.25, -0.2) is 0 Å². The number of nitrogens with one attached hydrogen (secondary N) is 1. The monoisotopic (exact) mass is 369 g/mol. The van der Waals surface area contributed by atoms with Crippen LogP contribution in [-0.2, 0) is 30.6 Å². The van der Waals surface area contributed by atoms with E-state index in [1.807, 2.05) is 43.3 Å². The summed E-state index contributed by atoms with van der Waals surface area (Å²) in [6, 6.07) is 11.6. The molecular weight excluding hydrogens is 346 g/mol. The van der Waals surface area contributed by atoms with Crippen LogP contribution in [-0.4, -0.2) is 23.2 Å². The number of amides is 1. The molecule has 0 atom stereocenters. The van der Waals surface area contributed by atoms with Crippen LogP contribution in [0.3, 0.4) is 0 Å². The third-order valence-electron chi connectivity index (χ3n) is 4.12. The molecule has 2 aromatic heterocycles. The van der Waals surface area contributed by atoms with Gasteiger partial charge in [0.2, 0.25) is 17.7 Å². The number of nitrogens with zero attached hydrogens (tertiary/aromatic N) is 2. The lowest BCUT2D eigenvalue weighted by Crippen LogP contribution is -2.22. The summed E-state index contributed by atoms with van der Waals surface area (Å²) in [6.45, 7) is 2.25. The van der Waals surface area contributed by atoms with E-state index in [0.717, 1.165) is 23.7 Å². The highest BCUT2D eigenvalue weighted by Crippen LogP contribution is 2.13. The Morgan fingerprint density at radius 1 is 1.00 bits per heavy atom. The minimum atomic E-state index is -0.0814. The highest BCUT2D eigenvalue weighted by molar-refractivity contribution is 5.75. The summed E-state index contributed by atoms with van der Waals surface area (Å²) in [5, 5.41) is 10.9. The van der Waals surface area contributed by atoms with Crippen molar-refractivity contribution in [2.45, 2.75) is 39.2 Å². The second kappa shape index (κ2) is 9.02. The zero-order chi connectivity index (χ0) is 19.1. The number of rotatable bonds is 9. The number of aromatic nitrogens is 2. The van der Waals surface area contributed by atoms with Crippen LogP contribution < -0.4 is 10.1 Å². The average molecular weight is 369 g/mol. The maximum atomic E-state index is 11.9. The first-order valence-corrected chi connectivity index (χ1v) is 8.88. The molecule has 0 fully saturated rings. The molecular formula is C20H23N3O4. The molecule has 0 saturated carbocycles. The van der Waals surface area contributed by atoms with E-state index in [0.29, 0.717) is 37.6 Å². The number of benzene rings is 1. The molecule has 0 aliphatic carbocycles. The normalized spacial score (nSPS) is 10.7. The fourth-order valence-corrected chi connectivity index (χ4v) is 2.61. The first-order chi connectivity index (χ1) is 13.1. The van der Waals surface area contributed by atoms with Gasteiger partial charge in [-0.2, -0.15) is 0 Å². The zero-order valence-corrected chi connectivity index (χ0v) is 15.5. The molecule has 7 heteroatoms. The topological polar surface area (TPSA) is 90.4 Å². The van der Waals surface area contributed by atoms with Crippen LogP contribution in [0, 0.1) is 6.92 Å². The third kappa shape index (κ3) is 5.70.